The lowest BCUT2D eigenvalue weighted by Crippen LogP contribution is -2.31. The van der Waals surface area contributed by atoms with E-state index in [1.165, 1.54) is 12.0 Å². The fourth-order valence-corrected chi connectivity index (χ4v) is 1.89. The molecule has 2 aromatic rings. The van der Waals surface area contributed by atoms with Gasteiger partial charge in [0.1, 0.15) is 0 Å². The van der Waals surface area contributed by atoms with Gasteiger partial charge < -0.3 is 14.4 Å². The minimum absolute atomic E-state index is 0.117. The molecule has 0 aliphatic carbocycles. The van der Waals surface area contributed by atoms with Crippen LogP contribution in [0.4, 0.5) is 5.69 Å². The highest BCUT2D eigenvalue weighted by molar-refractivity contribution is 5.93. The van der Waals surface area contributed by atoms with Gasteiger partial charge in [-0.1, -0.05) is 18.2 Å². The molecule has 0 N–H and O–H groups in total. The fraction of sp³-hybridized carbons (Fsp3) is 0.176. The molecule has 112 valence electrons. The zero-order chi connectivity index (χ0) is 15.9. The number of para-hydroxylation sites is 1. The average Bonchev–Trinajstić information content (AvgIpc) is 2.59. The van der Waals surface area contributed by atoms with Crippen LogP contribution < -0.4 is 14.4 Å². The van der Waals surface area contributed by atoms with Crippen molar-refractivity contribution in [1.82, 2.24) is 0 Å². The van der Waals surface area contributed by atoms with Crippen molar-refractivity contribution in [3.05, 3.63) is 54.1 Å². The van der Waals surface area contributed by atoms with Crippen molar-refractivity contribution in [2.45, 2.75) is 0 Å². The Morgan fingerprint density at radius 2 is 1.91 bits per heavy atom. The van der Waals surface area contributed by atoms with Crippen LogP contribution in [-0.4, -0.2) is 26.7 Å². The van der Waals surface area contributed by atoms with Crippen molar-refractivity contribution < 1.29 is 14.3 Å². The van der Waals surface area contributed by atoms with E-state index in [-0.39, 0.29) is 12.5 Å². The monoisotopic (exact) mass is 296 g/mol. The predicted molar refractivity (Wildman–Crippen MR) is 83.1 cm³/mol. The van der Waals surface area contributed by atoms with Gasteiger partial charge in [-0.3, -0.25) is 4.79 Å². The Bertz CT molecular complexity index is 693. The first-order chi connectivity index (χ1) is 10.7. The highest BCUT2D eigenvalue weighted by atomic mass is 16.5. The van der Waals surface area contributed by atoms with Crippen LogP contribution >= 0.6 is 0 Å². The lowest BCUT2D eigenvalue weighted by molar-refractivity contribution is -0.120. The van der Waals surface area contributed by atoms with Gasteiger partial charge in [0.05, 0.1) is 18.7 Å². The summed E-state index contributed by atoms with van der Waals surface area (Å²) in [7, 11) is 3.18. The SMILES string of the molecule is COc1cc(C#N)ccc1OCC(=O)N(C)c1ccccc1. The highest BCUT2D eigenvalue weighted by Crippen LogP contribution is 2.27. The second kappa shape index (κ2) is 7.14. The molecule has 1 amide bonds. The van der Waals surface area contributed by atoms with Crippen LogP contribution in [0.2, 0.25) is 0 Å². The molecule has 0 atom stereocenters. The Labute approximate surface area is 129 Å². The number of benzene rings is 2. The molecule has 0 saturated carbocycles. The summed E-state index contributed by atoms with van der Waals surface area (Å²) >= 11 is 0. The number of nitrogens with zero attached hydrogens (tertiary/aromatic N) is 2. The molecule has 0 radical (unpaired) electrons. The van der Waals surface area contributed by atoms with Crippen LogP contribution in [0.25, 0.3) is 0 Å². The van der Waals surface area contributed by atoms with E-state index >= 15 is 0 Å². The Morgan fingerprint density at radius 1 is 1.18 bits per heavy atom. The van der Waals surface area contributed by atoms with E-state index < -0.39 is 0 Å². The molecule has 0 aliphatic rings. The summed E-state index contributed by atoms with van der Waals surface area (Å²) in [6.45, 7) is -0.117. The van der Waals surface area contributed by atoms with Gasteiger partial charge in [0.2, 0.25) is 0 Å². The molecule has 0 aliphatic heterocycles. The largest absolute Gasteiger partial charge is 0.493 e. The van der Waals surface area contributed by atoms with Crippen molar-refractivity contribution in [3.63, 3.8) is 0 Å². The van der Waals surface area contributed by atoms with Crippen molar-refractivity contribution in [1.29, 1.82) is 5.26 Å². The van der Waals surface area contributed by atoms with Gasteiger partial charge >= 0.3 is 0 Å². The summed E-state index contributed by atoms with van der Waals surface area (Å²) in [6.07, 6.45) is 0. The highest BCUT2D eigenvalue weighted by Gasteiger charge is 2.13. The van der Waals surface area contributed by atoms with Crippen molar-refractivity contribution in [2.24, 2.45) is 0 Å². The first kappa shape index (κ1) is 15.4. The lowest BCUT2D eigenvalue weighted by atomic mass is 10.2. The molecule has 5 heteroatoms. The molecule has 0 unspecified atom stereocenters. The molecule has 22 heavy (non-hydrogen) atoms. The number of methoxy groups -OCH3 is 1. The second-order valence-corrected chi connectivity index (χ2v) is 4.55. The first-order valence-electron chi connectivity index (χ1n) is 6.68. The number of amides is 1. The van der Waals surface area contributed by atoms with Crippen molar-refractivity contribution in [2.75, 3.05) is 25.7 Å². The number of nitriles is 1. The Balaban J connectivity index is 2.04. The smallest absolute Gasteiger partial charge is 0.264 e. The Hall–Kier alpha value is -3.00. The summed E-state index contributed by atoms with van der Waals surface area (Å²) in [6, 6.07) is 16.1. The van der Waals surface area contributed by atoms with Crippen molar-refractivity contribution in [3.8, 4) is 17.6 Å². The zero-order valence-electron chi connectivity index (χ0n) is 12.4. The van der Waals surface area contributed by atoms with E-state index in [4.69, 9.17) is 14.7 Å². The minimum Gasteiger partial charge on any atom is -0.493 e. The summed E-state index contributed by atoms with van der Waals surface area (Å²) in [5.74, 6) is 0.670. The van der Waals surface area contributed by atoms with Gasteiger partial charge in [-0.15, -0.1) is 0 Å². The third-order valence-electron chi connectivity index (χ3n) is 3.16. The number of rotatable bonds is 5. The molecule has 0 fully saturated rings. The van der Waals surface area contributed by atoms with Gasteiger partial charge in [-0.05, 0) is 24.3 Å². The third kappa shape index (κ3) is 3.55. The summed E-state index contributed by atoms with van der Waals surface area (Å²) in [5.41, 5.74) is 1.26. The van der Waals surface area contributed by atoms with Crippen LogP contribution in [-0.2, 0) is 4.79 Å². The molecule has 0 aromatic heterocycles. The second-order valence-electron chi connectivity index (χ2n) is 4.55. The van der Waals surface area contributed by atoms with E-state index in [1.807, 2.05) is 36.4 Å². The van der Waals surface area contributed by atoms with Crippen LogP contribution in [0.5, 0.6) is 11.5 Å². The van der Waals surface area contributed by atoms with E-state index in [0.717, 1.165) is 5.69 Å². The fourth-order valence-electron chi connectivity index (χ4n) is 1.89. The van der Waals surface area contributed by atoms with Crippen LogP contribution in [0.3, 0.4) is 0 Å². The zero-order valence-corrected chi connectivity index (χ0v) is 12.4. The van der Waals surface area contributed by atoms with Gasteiger partial charge in [0, 0.05) is 18.8 Å². The summed E-state index contributed by atoms with van der Waals surface area (Å²) in [4.78, 5) is 13.7. The van der Waals surface area contributed by atoms with Crippen LogP contribution in [0.1, 0.15) is 5.56 Å². The summed E-state index contributed by atoms with van der Waals surface area (Å²) in [5, 5.41) is 8.86. The van der Waals surface area contributed by atoms with Gasteiger partial charge in [-0.2, -0.15) is 5.26 Å². The number of carbonyl (C=O) groups is 1. The quantitative estimate of drug-likeness (QED) is 0.851. The number of anilines is 1. The van der Waals surface area contributed by atoms with E-state index in [2.05, 4.69) is 0 Å². The maximum absolute atomic E-state index is 12.1. The number of hydrogen-bond donors (Lipinski definition) is 0. The van der Waals surface area contributed by atoms with Crippen LogP contribution in [0.15, 0.2) is 48.5 Å². The maximum Gasteiger partial charge on any atom is 0.264 e. The molecular formula is C17H16N2O3. The molecule has 2 aromatic carbocycles. The number of likely N-dealkylation sites (N-methyl/N-ethyl adjacent to an activating group) is 1. The normalized spacial score (nSPS) is 9.68. The third-order valence-corrected chi connectivity index (χ3v) is 3.16. The average molecular weight is 296 g/mol. The van der Waals surface area contributed by atoms with Gasteiger partial charge in [0.25, 0.3) is 5.91 Å². The number of hydrogen-bond acceptors (Lipinski definition) is 4. The molecule has 0 bridgehead atoms. The minimum atomic E-state index is -0.183. The lowest BCUT2D eigenvalue weighted by Gasteiger charge is -2.18. The topological polar surface area (TPSA) is 62.6 Å². The molecular weight excluding hydrogens is 280 g/mol. The molecule has 2 rings (SSSR count). The van der Waals surface area contributed by atoms with Crippen LogP contribution in [0, 0.1) is 11.3 Å². The number of ether oxygens (including phenoxy) is 2. The molecule has 0 spiro atoms. The van der Waals surface area contributed by atoms with Crippen molar-refractivity contribution >= 4 is 11.6 Å². The van der Waals surface area contributed by atoms with E-state index in [0.29, 0.717) is 17.1 Å². The van der Waals surface area contributed by atoms with E-state index in [1.54, 1.807) is 25.2 Å². The predicted octanol–water partition coefficient (Wildman–Crippen LogP) is 2.61. The standard InChI is InChI=1S/C17H16N2O3/c1-19(14-6-4-3-5-7-14)17(20)12-22-15-9-8-13(11-18)10-16(15)21-2/h3-10H,12H2,1-2H3. The molecule has 0 saturated heterocycles. The molecule has 0 heterocycles. The van der Waals surface area contributed by atoms with E-state index in [9.17, 15) is 4.79 Å². The number of carbonyl (C=O) groups excluding carboxylic acids is 1. The van der Waals surface area contributed by atoms with Gasteiger partial charge in [0.15, 0.2) is 18.1 Å². The summed E-state index contributed by atoms with van der Waals surface area (Å²) < 4.78 is 10.7. The maximum atomic E-state index is 12.1. The van der Waals surface area contributed by atoms with Gasteiger partial charge in [-0.25, -0.2) is 0 Å². The Kier molecular flexibility index (Phi) is 4.99. The first-order valence-corrected chi connectivity index (χ1v) is 6.68. The Morgan fingerprint density at radius 3 is 2.55 bits per heavy atom. The molecule has 5 nitrogen and oxygen atoms in total.